The number of carbonyl (C=O) groups is 2. The summed E-state index contributed by atoms with van der Waals surface area (Å²) in [6.07, 6.45) is 0. The summed E-state index contributed by atoms with van der Waals surface area (Å²) in [5.74, 6) is -0.348. The average molecular weight is 274 g/mol. The number of carbonyl (C=O) groups excluding carboxylic acids is 1. The van der Waals surface area contributed by atoms with Crippen molar-refractivity contribution in [3.8, 4) is 0 Å². The standard InChI is InChI=1S/C11H18N2O4S/c1-2-12-8-4-17-3-7(8)10(14)13-6-18-5-9(13)11(15)16/h7-9,12H,2-6H2,1H3,(H,15,16)/t7?,8?,9-/m0/s1. The van der Waals surface area contributed by atoms with Crippen molar-refractivity contribution in [2.24, 2.45) is 5.92 Å². The van der Waals surface area contributed by atoms with Gasteiger partial charge in [0, 0.05) is 11.8 Å². The number of nitrogens with one attached hydrogen (secondary N) is 1. The first kappa shape index (κ1) is 13.6. The van der Waals surface area contributed by atoms with Crippen LogP contribution in [0.25, 0.3) is 0 Å². The van der Waals surface area contributed by atoms with E-state index in [4.69, 9.17) is 9.84 Å². The maximum absolute atomic E-state index is 12.4. The van der Waals surface area contributed by atoms with E-state index in [0.717, 1.165) is 6.54 Å². The first-order chi connectivity index (χ1) is 8.65. The summed E-state index contributed by atoms with van der Waals surface area (Å²) in [5, 5.41) is 12.3. The lowest BCUT2D eigenvalue weighted by Crippen LogP contribution is -2.49. The average Bonchev–Trinajstić information content (AvgIpc) is 2.96. The molecule has 0 aromatic rings. The number of nitrogens with zero attached hydrogens (tertiary/aromatic N) is 1. The molecule has 2 unspecified atom stereocenters. The number of thioether (sulfide) groups is 1. The Kier molecular flexibility index (Phi) is 4.47. The Morgan fingerprint density at radius 3 is 2.94 bits per heavy atom. The number of ether oxygens (including phenoxy) is 1. The summed E-state index contributed by atoms with van der Waals surface area (Å²) >= 11 is 1.48. The number of hydrogen-bond acceptors (Lipinski definition) is 5. The first-order valence-corrected chi connectivity index (χ1v) is 7.22. The summed E-state index contributed by atoms with van der Waals surface area (Å²) < 4.78 is 5.33. The molecule has 102 valence electrons. The second-order valence-electron chi connectivity index (χ2n) is 4.47. The van der Waals surface area contributed by atoms with Gasteiger partial charge in [-0.2, -0.15) is 0 Å². The van der Waals surface area contributed by atoms with E-state index in [2.05, 4.69) is 5.32 Å². The molecule has 2 aliphatic rings. The fourth-order valence-electron chi connectivity index (χ4n) is 2.34. The maximum Gasteiger partial charge on any atom is 0.327 e. The summed E-state index contributed by atoms with van der Waals surface area (Å²) in [6, 6.07) is -0.687. The summed E-state index contributed by atoms with van der Waals surface area (Å²) in [6.45, 7) is 3.65. The van der Waals surface area contributed by atoms with Crippen LogP contribution in [0, 0.1) is 5.92 Å². The van der Waals surface area contributed by atoms with Crippen LogP contribution in [0.3, 0.4) is 0 Å². The van der Waals surface area contributed by atoms with Gasteiger partial charge in [-0.1, -0.05) is 6.92 Å². The van der Waals surface area contributed by atoms with E-state index in [1.54, 1.807) is 0 Å². The van der Waals surface area contributed by atoms with Crippen LogP contribution >= 0.6 is 11.8 Å². The van der Waals surface area contributed by atoms with Crippen LogP contribution in [0.2, 0.25) is 0 Å². The molecular weight excluding hydrogens is 256 g/mol. The Labute approximate surface area is 110 Å². The van der Waals surface area contributed by atoms with E-state index in [9.17, 15) is 9.59 Å². The molecular formula is C11H18N2O4S. The molecule has 2 saturated heterocycles. The SMILES string of the molecule is CCNC1COCC1C(=O)N1CSC[C@H]1C(=O)O. The van der Waals surface area contributed by atoms with Gasteiger partial charge in [0.1, 0.15) is 6.04 Å². The van der Waals surface area contributed by atoms with Crippen molar-refractivity contribution >= 4 is 23.6 Å². The Bertz CT molecular complexity index is 339. The number of hydrogen-bond donors (Lipinski definition) is 2. The van der Waals surface area contributed by atoms with Crippen molar-refractivity contribution in [3.05, 3.63) is 0 Å². The largest absolute Gasteiger partial charge is 0.480 e. The second-order valence-corrected chi connectivity index (χ2v) is 5.47. The molecule has 2 rings (SSSR count). The summed E-state index contributed by atoms with van der Waals surface area (Å²) in [5.41, 5.74) is 0. The van der Waals surface area contributed by atoms with Crippen LogP contribution < -0.4 is 5.32 Å². The van der Waals surface area contributed by atoms with Gasteiger partial charge in [-0.15, -0.1) is 11.8 Å². The molecule has 3 atom stereocenters. The monoisotopic (exact) mass is 274 g/mol. The lowest BCUT2D eigenvalue weighted by molar-refractivity contribution is -0.149. The Hall–Kier alpha value is -0.790. The zero-order valence-corrected chi connectivity index (χ0v) is 11.1. The second kappa shape index (κ2) is 5.90. The van der Waals surface area contributed by atoms with Gasteiger partial charge in [0.15, 0.2) is 0 Å². The third kappa shape index (κ3) is 2.62. The third-order valence-electron chi connectivity index (χ3n) is 3.31. The van der Waals surface area contributed by atoms with Crippen LogP contribution in [-0.4, -0.2) is 65.4 Å². The molecule has 18 heavy (non-hydrogen) atoms. The molecule has 0 spiro atoms. The molecule has 0 aromatic carbocycles. The number of aliphatic carboxylic acids is 1. The smallest absolute Gasteiger partial charge is 0.327 e. The predicted molar refractivity (Wildman–Crippen MR) is 67.4 cm³/mol. The lowest BCUT2D eigenvalue weighted by Gasteiger charge is -2.26. The van der Waals surface area contributed by atoms with Gasteiger partial charge in [-0.05, 0) is 6.54 Å². The molecule has 0 bridgehead atoms. The predicted octanol–water partition coefficient (Wildman–Crippen LogP) is -0.403. The number of carboxylic acids is 1. The molecule has 0 aromatic heterocycles. The maximum atomic E-state index is 12.4. The number of rotatable bonds is 4. The molecule has 2 N–H and O–H groups in total. The Balaban J connectivity index is 2.03. The fraction of sp³-hybridized carbons (Fsp3) is 0.818. The molecule has 6 nitrogen and oxygen atoms in total. The van der Waals surface area contributed by atoms with E-state index in [1.807, 2.05) is 6.92 Å². The van der Waals surface area contributed by atoms with Gasteiger partial charge >= 0.3 is 5.97 Å². The van der Waals surface area contributed by atoms with Gasteiger partial charge in [0.05, 0.1) is 25.0 Å². The zero-order valence-electron chi connectivity index (χ0n) is 10.3. The van der Waals surface area contributed by atoms with Crippen LogP contribution in [0.4, 0.5) is 0 Å². The van der Waals surface area contributed by atoms with E-state index < -0.39 is 12.0 Å². The zero-order chi connectivity index (χ0) is 13.1. The lowest BCUT2D eigenvalue weighted by atomic mass is 10.0. The topological polar surface area (TPSA) is 78.9 Å². The minimum absolute atomic E-state index is 0.00236. The minimum Gasteiger partial charge on any atom is -0.480 e. The van der Waals surface area contributed by atoms with Crippen molar-refractivity contribution in [3.63, 3.8) is 0 Å². The molecule has 2 fully saturated rings. The fourth-order valence-corrected chi connectivity index (χ4v) is 3.49. The van der Waals surface area contributed by atoms with Crippen molar-refractivity contribution in [2.45, 2.75) is 19.0 Å². The normalized spacial score (nSPS) is 31.8. The molecule has 2 heterocycles. The number of amides is 1. The summed E-state index contributed by atoms with van der Waals surface area (Å²) in [7, 11) is 0. The van der Waals surface area contributed by atoms with Crippen LogP contribution in [0.1, 0.15) is 6.92 Å². The van der Waals surface area contributed by atoms with Gasteiger partial charge in [0.25, 0.3) is 0 Å². The molecule has 0 radical (unpaired) electrons. The van der Waals surface area contributed by atoms with E-state index >= 15 is 0 Å². The minimum atomic E-state index is -0.924. The van der Waals surface area contributed by atoms with E-state index in [-0.39, 0.29) is 17.9 Å². The third-order valence-corrected chi connectivity index (χ3v) is 4.33. The summed E-state index contributed by atoms with van der Waals surface area (Å²) in [4.78, 5) is 24.9. The van der Waals surface area contributed by atoms with Crippen LogP contribution in [0.15, 0.2) is 0 Å². The number of likely N-dealkylation sites (N-methyl/N-ethyl adjacent to an activating group) is 1. The highest BCUT2D eigenvalue weighted by Crippen LogP contribution is 2.26. The molecule has 1 amide bonds. The highest BCUT2D eigenvalue weighted by Gasteiger charge is 2.42. The Morgan fingerprint density at radius 1 is 1.50 bits per heavy atom. The van der Waals surface area contributed by atoms with E-state index in [0.29, 0.717) is 24.8 Å². The highest BCUT2D eigenvalue weighted by molar-refractivity contribution is 7.99. The van der Waals surface area contributed by atoms with Crippen LogP contribution in [-0.2, 0) is 14.3 Å². The number of carboxylic acid groups (broad SMARTS) is 1. The molecule has 2 aliphatic heterocycles. The highest BCUT2D eigenvalue weighted by atomic mass is 32.2. The Morgan fingerprint density at radius 2 is 2.28 bits per heavy atom. The molecule has 0 saturated carbocycles. The molecule has 7 heteroatoms. The van der Waals surface area contributed by atoms with Crippen molar-refractivity contribution in [1.82, 2.24) is 10.2 Å². The molecule has 0 aliphatic carbocycles. The van der Waals surface area contributed by atoms with Gasteiger partial charge in [0.2, 0.25) is 5.91 Å². The van der Waals surface area contributed by atoms with Gasteiger partial charge < -0.3 is 20.1 Å². The van der Waals surface area contributed by atoms with Gasteiger partial charge in [-0.3, -0.25) is 4.79 Å². The first-order valence-electron chi connectivity index (χ1n) is 6.07. The quantitative estimate of drug-likeness (QED) is 0.726. The van der Waals surface area contributed by atoms with Crippen molar-refractivity contribution in [2.75, 3.05) is 31.4 Å². The van der Waals surface area contributed by atoms with Crippen molar-refractivity contribution in [1.29, 1.82) is 0 Å². The van der Waals surface area contributed by atoms with Crippen molar-refractivity contribution < 1.29 is 19.4 Å². The van der Waals surface area contributed by atoms with Gasteiger partial charge in [-0.25, -0.2) is 4.79 Å². The van der Waals surface area contributed by atoms with E-state index in [1.165, 1.54) is 16.7 Å². The van der Waals surface area contributed by atoms with Crippen LogP contribution in [0.5, 0.6) is 0 Å².